The molecule has 0 bridgehead atoms. The van der Waals surface area contributed by atoms with Crippen LogP contribution in [0, 0.1) is 6.92 Å². The summed E-state index contributed by atoms with van der Waals surface area (Å²) in [5, 5.41) is 2.94. The lowest BCUT2D eigenvalue weighted by Gasteiger charge is -2.31. The molecule has 0 spiro atoms. The van der Waals surface area contributed by atoms with E-state index in [4.69, 9.17) is 9.15 Å². The summed E-state index contributed by atoms with van der Waals surface area (Å²) in [6.07, 6.45) is 0. The van der Waals surface area contributed by atoms with Crippen LogP contribution in [0.25, 0.3) is 0 Å². The minimum Gasteiger partial charge on any atom is -0.464 e. The van der Waals surface area contributed by atoms with E-state index in [-0.39, 0.29) is 10.9 Å². The van der Waals surface area contributed by atoms with Crippen molar-refractivity contribution in [2.75, 3.05) is 26.8 Å². The van der Waals surface area contributed by atoms with Crippen LogP contribution in [0.2, 0.25) is 0 Å². The second kappa shape index (κ2) is 5.62. The van der Waals surface area contributed by atoms with E-state index in [2.05, 4.69) is 5.32 Å². The molecule has 1 atom stereocenters. The van der Waals surface area contributed by atoms with Gasteiger partial charge in [-0.2, -0.15) is 4.31 Å². The van der Waals surface area contributed by atoms with Crippen molar-refractivity contribution in [3.63, 3.8) is 0 Å². The first-order chi connectivity index (χ1) is 8.96. The molecular weight excluding hydrogens is 268 g/mol. The van der Waals surface area contributed by atoms with E-state index in [9.17, 15) is 8.42 Å². The van der Waals surface area contributed by atoms with Crippen LogP contribution >= 0.6 is 0 Å². The SMILES string of the molecule is CNCc1cc(S(=O)(=O)N2CCOCC2C)c(C)o1. The number of aryl methyl sites for hydroxylation is 1. The van der Waals surface area contributed by atoms with Gasteiger partial charge in [-0.15, -0.1) is 0 Å². The van der Waals surface area contributed by atoms with E-state index in [0.29, 0.717) is 37.8 Å². The molecule has 1 aromatic heterocycles. The summed E-state index contributed by atoms with van der Waals surface area (Å²) in [4.78, 5) is 0.256. The van der Waals surface area contributed by atoms with Crippen LogP contribution in [0.4, 0.5) is 0 Å². The molecule has 1 aromatic rings. The highest BCUT2D eigenvalue weighted by atomic mass is 32.2. The Kier molecular flexibility index (Phi) is 4.29. The quantitative estimate of drug-likeness (QED) is 0.884. The van der Waals surface area contributed by atoms with Crippen molar-refractivity contribution in [3.05, 3.63) is 17.6 Å². The maximum Gasteiger partial charge on any atom is 0.246 e. The van der Waals surface area contributed by atoms with Gasteiger partial charge in [-0.25, -0.2) is 8.42 Å². The van der Waals surface area contributed by atoms with Crippen LogP contribution in [0.1, 0.15) is 18.4 Å². The molecule has 6 nitrogen and oxygen atoms in total. The van der Waals surface area contributed by atoms with Gasteiger partial charge in [0.2, 0.25) is 10.0 Å². The third kappa shape index (κ3) is 2.84. The fraction of sp³-hybridized carbons (Fsp3) is 0.667. The highest BCUT2D eigenvalue weighted by Gasteiger charge is 2.34. The number of hydrogen-bond donors (Lipinski definition) is 1. The fourth-order valence-corrected chi connectivity index (χ4v) is 4.02. The molecule has 1 saturated heterocycles. The molecule has 0 radical (unpaired) electrons. The lowest BCUT2D eigenvalue weighted by Crippen LogP contribution is -2.46. The Bertz CT molecular complexity index is 538. The van der Waals surface area contributed by atoms with E-state index < -0.39 is 10.0 Å². The van der Waals surface area contributed by atoms with Crippen molar-refractivity contribution in [1.29, 1.82) is 0 Å². The van der Waals surface area contributed by atoms with Gasteiger partial charge in [-0.05, 0) is 20.9 Å². The number of sulfonamides is 1. The van der Waals surface area contributed by atoms with E-state index >= 15 is 0 Å². The van der Waals surface area contributed by atoms with Gasteiger partial charge in [-0.3, -0.25) is 0 Å². The Balaban J connectivity index is 2.33. The van der Waals surface area contributed by atoms with E-state index in [1.54, 1.807) is 20.0 Å². The highest BCUT2D eigenvalue weighted by molar-refractivity contribution is 7.89. The van der Waals surface area contributed by atoms with Crippen molar-refractivity contribution >= 4 is 10.0 Å². The van der Waals surface area contributed by atoms with Gasteiger partial charge in [-0.1, -0.05) is 0 Å². The molecule has 1 N–H and O–H groups in total. The van der Waals surface area contributed by atoms with Gasteiger partial charge in [0.05, 0.1) is 19.8 Å². The summed E-state index contributed by atoms with van der Waals surface area (Å²) in [7, 11) is -1.72. The van der Waals surface area contributed by atoms with Gasteiger partial charge < -0.3 is 14.5 Å². The highest BCUT2D eigenvalue weighted by Crippen LogP contribution is 2.26. The molecule has 7 heteroatoms. The molecule has 2 rings (SSSR count). The van der Waals surface area contributed by atoms with Crippen molar-refractivity contribution in [3.8, 4) is 0 Å². The van der Waals surface area contributed by atoms with Crippen LogP contribution in [0.5, 0.6) is 0 Å². The van der Waals surface area contributed by atoms with Crippen LogP contribution in [-0.2, 0) is 21.3 Å². The number of rotatable bonds is 4. The van der Waals surface area contributed by atoms with Crippen molar-refractivity contribution in [1.82, 2.24) is 9.62 Å². The van der Waals surface area contributed by atoms with Crippen LogP contribution in [0.3, 0.4) is 0 Å². The average Bonchev–Trinajstić information content (AvgIpc) is 2.72. The molecule has 1 aliphatic rings. The van der Waals surface area contributed by atoms with Crippen LogP contribution in [0.15, 0.2) is 15.4 Å². The van der Waals surface area contributed by atoms with Gasteiger partial charge in [0.25, 0.3) is 0 Å². The monoisotopic (exact) mass is 288 g/mol. The van der Waals surface area contributed by atoms with E-state index in [1.165, 1.54) is 4.31 Å². The molecule has 0 amide bonds. The number of ether oxygens (including phenoxy) is 1. The standard InChI is InChI=1S/C12H20N2O4S/c1-9-8-17-5-4-14(9)19(15,16)12-6-11(7-13-3)18-10(12)2/h6,9,13H,4-5,7-8H2,1-3H3. The topological polar surface area (TPSA) is 71.8 Å². The summed E-state index contributed by atoms with van der Waals surface area (Å²) in [5.41, 5.74) is 0. The number of morpholine rings is 1. The largest absolute Gasteiger partial charge is 0.464 e. The Morgan fingerprint density at radius 2 is 2.26 bits per heavy atom. The third-order valence-corrected chi connectivity index (χ3v) is 5.29. The molecule has 19 heavy (non-hydrogen) atoms. The normalized spacial score (nSPS) is 21.7. The Labute approximate surface area is 113 Å². The molecule has 1 unspecified atom stereocenters. The molecule has 2 heterocycles. The van der Waals surface area contributed by atoms with Gasteiger partial charge >= 0.3 is 0 Å². The lowest BCUT2D eigenvalue weighted by atomic mass is 10.3. The fourth-order valence-electron chi connectivity index (χ4n) is 2.24. The van der Waals surface area contributed by atoms with Gasteiger partial charge in [0.15, 0.2) is 0 Å². The summed E-state index contributed by atoms with van der Waals surface area (Å²) in [5.74, 6) is 1.06. The minimum atomic E-state index is -3.51. The zero-order valence-corrected chi connectivity index (χ0v) is 12.3. The number of nitrogens with one attached hydrogen (secondary N) is 1. The first-order valence-corrected chi connectivity index (χ1v) is 7.74. The predicted octanol–water partition coefficient (Wildman–Crippen LogP) is 0.717. The molecular formula is C12H20N2O4S. The maximum absolute atomic E-state index is 12.6. The van der Waals surface area contributed by atoms with Crippen LogP contribution in [-0.4, -0.2) is 45.6 Å². The van der Waals surface area contributed by atoms with E-state index in [0.717, 1.165) is 0 Å². The van der Waals surface area contributed by atoms with Gasteiger partial charge in [0.1, 0.15) is 16.4 Å². The summed E-state index contributed by atoms with van der Waals surface area (Å²) < 4.78 is 37.5. The van der Waals surface area contributed by atoms with Crippen molar-refractivity contribution < 1.29 is 17.6 Å². The minimum absolute atomic E-state index is 0.152. The first kappa shape index (κ1) is 14.5. The molecule has 0 aliphatic carbocycles. The third-order valence-electron chi connectivity index (χ3n) is 3.17. The molecule has 1 aliphatic heterocycles. The summed E-state index contributed by atoms with van der Waals surface area (Å²) in [6.45, 7) is 5.28. The number of nitrogens with zero attached hydrogens (tertiary/aromatic N) is 1. The summed E-state index contributed by atoms with van der Waals surface area (Å²) >= 11 is 0. The van der Waals surface area contributed by atoms with Gasteiger partial charge in [0, 0.05) is 18.7 Å². The Morgan fingerprint density at radius 1 is 1.53 bits per heavy atom. The average molecular weight is 288 g/mol. The molecule has 108 valence electrons. The maximum atomic E-state index is 12.6. The van der Waals surface area contributed by atoms with Crippen molar-refractivity contribution in [2.45, 2.75) is 31.3 Å². The summed E-state index contributed by atoms with van der Waals surface area (Å²) in [6, 6.07) is 1.45. The predicted molar refractivity (Wildman–Crippen MR) is 70.4 cm³/mol. The second-order valence-electron chi connectivity index (χ2n) is 4.70. The molecule has 1 fully saturated rings. The van der Waals surface area contributed by atoms with Crippen LogP contribution < -0.4 is 5.32 Å². The zero-order valence-electron chi connectivity index (χ0n) is 11.5. The lowest BCUT2D eigenvalue weighted by molar-refractivity contribution is 0.0392. The number of furan rings is 1. The Hall–Kier alpha value is -0.890. The Morgan fingerprint density at radius 3 is 2.89 bits per heavy atom. The second-order valence-corrected chi connectivity index (χ2v) is 6.56. The molecule has 0 aromatic carbocycles. The molecule has 0 saturated carbocycles. The van der Waals surface area contributed by atoms with Crippen molar-refractivity contribution in [2.24, 2.45) is 0 Å². The number of hydrogen-bond acceptors (Lipinski definition) is 5. The first-order valence-electron chi connectivity index (χ1n) is 6.30. The smallest absolute Gasteiger partial charge is 0.246 e. The zero-order chi connectivity index (χ0) is 14.0. The van der Waals surface area contributed by atoms with E-state index in [1.807, 2.05) is 6.92 Å².